The van der Waals surface area contributed by atoms with Crippen molar-refractivity contribution in [2.75, 3.05) is 10.6 Å². The molecule has 6 rings (SSSR count). The fraction of sp³-hybridized carbons (Fsp3) is 0.103. The normalized spacial score (nSPS) is 16.4. The molecule has 176 valence electrons. The molecule has 7 nitrogen and oxygen atoms in total. The molecule has 0 bridgehead atoms. The minimum atomic E-state index is -0.213. The topological polar surface area (TPSA) is 99.8 Å². The van der Waals surface area contributed by atoms with Crippen LogP contribution in [-0.4, -0.2) is 26.8 Å². The largest absolute Gasteiger partial charge is 0.338 e. The molecule has 0 radical (unpaired) electrons. The van der Waals surface area contributed by atoms with Crippen molar-refractivity contribution in [2.45, 2.75) is 12.3 Å². The van der Waals surface area contributed by atoms with Crippen LogP contribution in [0.25, 0.3) is 22.4 Å². The number of H-pyrrole nitrogens is 1. The smallest absolute Gasteiger partial charge is 0.257 e. The zero-order valence-corrected chi connectivity index (χ0v) is 19.3. The van der Waals surface area contributed by atoms with Gasteiger partial charge < -0.3 is 15.6 Å². The summed E-state index contributed by atoms with van der Waals surface area (Å²) < 4.78 is 0. The zero-order valence-electron chi connectivity index (χ0n) is 19.3. The Kier molecular flexibility index (Phi) is 5.50. The Bertz CT molecular complexity index is 1550. The lowest BCUT2D eigenvalue weighted by Gasteiger charge is -2.05. The number of benzene rings is 3. The second-order valence-electron chi connectivity index (χ2n) is 8.94. The summed E-state index contributed by atoms with van der Waals surface area (Å²) in [4.78, 5) is 37.1. The highest BCUT2D eigenvalue weighted by Gasteiger charge is 2.43. The number of amides is 2. The molecular formula is C29H23N5O2. The van der Waals surface area contributed by atoms with Crippen LogP contribution in [0, 0.1) is 5.92 Å². The van der Waals surface area contributed by atoms with Crippen molar-refractivity contribution in [1.29, 1.82) is 0 Å². The van der Waals surface area contributed by atoms with Crippen molar-refractivity contribution in [3.63, 3.8) is 0 Å². The molecule has 3 aromatic carbocycles. The van der Waals surface area contributed by atoms with Gasteiger partial charge in [0.05, 0.1) is 16.6 Å². The summed E-state index contributed by atoms with van der Waals surface area (Å²) in [5, 5.41) is 5.92. The second-order valence-corrected chi connectivity index (χ2v) is 8.94. The molecular weight excluding hydrogens is 450 g/mol. The molecule has 0 saturated heterocycles. The Hall–Kier alpha value is -4.78. The standard InChI is InChI=1S/C29H23N5O2/c35-28(20-7-4-14-30-17-20)31-21-10-8-19(9-11-21)27-33-25-13-12-22(15-26(25)34-27)32-29(36)24-16-23(24)18-5-2-1-3-6-18/h1-15,17,23-24H,16H2,(H,31,35)(H,32,36)(H,33,34). The maximum atomic E-state index is 12.7. The highest BCUT2D eigenvalue weighted by molar-refractivity contribution is 6.04. The highest BCUT2D eigenvalue weighted by Crippen LogP contribution is 2.47. The average Bonchev–Trinajstić information content (AvgIpc) is 3.62. The second kappa shape index (κ2) is 9.11. The Morgan fingerprint density at radius 1 is 0.861 bits per heavy atom. The summed E-state index contributed by atoms with van der Waals surface area (Å²) in [6, 6.07) is 26.8. The molecule has 1 fully saturated rings. The van der Waals surface area contributed by atoms with E-state index in [-0.39, 0.29) is 17.7 Å². The maximum absolute atomic E-state index is 12.7. The van der Waals surface area contributed by atoms with E-state index in [9.17, 15) is 9.59 Å². The predicted molar refractivity (Wildman–Crippen MR) is 140 cm³/mol. The third-order valence-corrected chi connectivity index (χ3v) is 6.44. The van der Waals surface area contributed by atoms with Gasteiger partial charge in [-0.25, -0.2) is 4.98 Å². The van der Waals surface area contributed by atoms with E-state index in [1.165, 1.54) is 11.8 Å². The molecule has 1 saturated carbocycles. The predicted octanol–water partition coefficient (Wildman–Crippen LogP) is 5.62. The van der Waals surface area contributed by atoms with Gasteiger partial charge in [0.2, 0.25) is 5.91 Å². The van der Waals surface area contributed by atoms with Crippen molar-refractivity contribution in [2.24, 2.45) is 5.92 Å². The van der Waals surface area contributed by atoms with Crippen LogP contribution in [0.3, 0.4) is 0 Å². The van der Waals surface area contributed by atoms with E-state index >= 15 is 0 Å². The highest BCUT2D eigenvalue weighted by atomic mass is 16.2. The Balaban J connectivity index is 1.13. The van der Waals surface area contributed by atoms with Crippen LogP contribution in [0.1, 0.15) is 28.3 Å². The first-order chi connectivity index (χ1) is 17.6. The fourth-order valence-electron chi connectivity index (χ4n) is 4.42. The number of pyridine rings is 1. The van der Waals surface area contributed by atoms with Gasteiger partial charge in [-0.1, -0.05) is 30.3 Å². The number of aromatic amines is 1. The van der Waals surface area contributed by atoms with Gasteiger partial charge >= 0.3 is 0 Å². The number of nitrogens with zero attached hydrogens (tertiary/aromatic N) is 2. The summed E-state index contributed by atoms with van der Waals surface area (Å²) in [6.07, 6.45) is 4.04. The monoisotopic (exact) mass is 473 g/mol. The molecule has 2 aromatic heterocycles. The number of aromatic nitrogens is 3. The van der Waals surface area contributed by atoms with Gasteiger partial charge in [-0.3, -0.25) is 14.6 Å². The van der Waals surface area contributed by atoms with Crippen LogP contribution in [-0.2, 0) is 4.79 Å². The number of fused-ring (bicyclic) bond motifs is 1. The molecule has 36 heavy (non-hydrogen) atoms. The van der Waals surface area contributed by atoms with Crippen molar-refractivity contribution < 1.29 is 9.59 Å². The van der Waals surface area contributed by atoms with E-state index in [2.05, 4.69) is 37.7 Å². The first-order valence-corrected chi connectivity index (χ1v) is 11.8. The molecule has 1 aliphatic rings. The molecule has 2 heterocycles. The summed E-state index contributed by atoms with van der Waals surface area (Å²) in [7, 11) is 0. The van der Waals surface area contributed by atoms with Gasteiger partial charge in [-0.05, 0) is 72.5 Å². The zero-order chi connectivity index (χ0) is 24.5. The van der Waals surface area contributed by atoms with Crippen LogP contribution in [0.15, 0.2) is 97.3 Å². The summed E-state index contributed by atoms with van der Waals surface area (Å²) in [6.45, 7) is 0. The Morgan fingerprint density at radius 3 is 2.44 bits per heavy atom. The van der Waals surface area contributed by atoms with Gasteiger partial charge in [-0.2, -0.15) is 0 Å². The van der Waals surface area contributed by atoms with E-state index < -0.39 is 0 Å². The summed E-state index contributed by atoms with van der Waals surface area (Å²) in [5.74, 6) is 0.857. The van der Waals surface area contributed by atoms with E-state index in [0.29, 0.717) is 23.0 Å². The number of hydrogen-bond donors (Lipinski definition) is 3. The third kappa shape index (κ3) is 4.46. The minimum Gasteiger partial charge on any atom is -0.338 e. The van der Waals surface area contributed by atoms with Crippen LogP contribution in [0.5, 0.6) is 0 Å². The molecule has 5 aromatic rings. The van der Waals surface area contributed by atoms with E-state index in [0.717, 1.165) is 28.7 Å². The van der Waals surface area contributed by atoms with Gasteiger partial charge in [0.1, 0.15) is 5.82 Å². The van der Waals surface area contributed by atoms with Crippen molar-refractivity contribution in [3.8, 4) is 11.4 Å². The minimum absolute atomic E-state index is 0.0117. The molecule has 2 unspecified atom stereocenters. The lowest BCUT2D eigenvalue weighted by Crippen LogP contribution is -2.14. The van der Waals surface area contributed by atoms with E-state index in [1.54, 1.807) is 18.3 Å². The van der Waals surface area contributed by atoms with Gasteiger partial charge in [0.25, 0.3) is 5.91 Å². The Morgan fingerprint density at radius 2 is 1.67 bits per heavy atom. The van der Waals surface area contributed by atoms with E-state index in [1.807, 2.05) is 60.7 Å². The SMILES string of the molecule is O=C(Nc1ccc(-c2nc3ccc(NC(=O)C4CC4c4ccccc4)cc3[nH]2)cc1)c1cccnc1. The van der Waals surface area contributed by atoms with E-state index in [4.69, 9.17) is 0 Å². The van der Waals surface area contributed by atoms with Crippen LogP contribution in [0.4, 0.5) is 11.4 Å². The average molecular weight is 474 g/mol. The van der Waals surface area contributed by atoms with Crippen molar-refractivity contribution in [1.82, 2.24) is 15.0 Å². The number of carbonyl (C=O) groups is 2. The first kappa shape index (κ1) is 21.7. The quantitative estimate of drug-likeness (QED) is 0.298. The molecule has 0 spiro atoms. The molecule has 2 amide bonds. The van der Waals surface area contributed by atoms with Crippen LogP contribution in [0.2, 0.25) is 0 Å². The maximum Gasteiger partial charge on any atom is 0.257 e. The summed E-state index contributed by atoms with van der Waals surface area (Å²) in [5.41, 5.74) is 5.68. The lowest BCUT2D eigenvalue weighted by atomic mass is 10.1. The summed E-state index contributed by atoms with van der Waals surface area (Å²) >= 11 is 0. The number of rotatable bonds is 6. The molecule has 3 N–H and O–H groups in total. The van der Waals surface area contributed by atoms with Crippen LogP contribution < -0.4 is 10.6 Å². The van der Waals surface area contributed by atoms with Gasteiger partial charge in [0, 0.05) is 35.2 Å². The van der Waals surface area contributed by atoms with Crippen molar-refractivity contribution in [3.05, 3.63) is 108 Å². The van der Waals surface area contributed by atoms with Crippen LogP contribution >= 0.6 is 0 Å². The van der Waals surface area contributed by atoms with Gasteiger partial charge in [-0.15, -0.1) is 0 Å². The number of anilines is 2. The molecule has 1 aliphatic carbocycles. The molecule has 0 aliphatic heterocycles. The molecule has 7 heteroatoms. The first-order valence-electron chi connectivity index (χ1n) is 11.8. The Labute approximate surface area is 207 Å². The van der Waals surface area contributed by atoms with Crippen molar-refractivity contribution >= 4 is 34.2 Å². The number of carbonyl (C=O) groups excluding carboxylic acids is 2. The van der Waals surface area contributed by atoms with Gasteiger partial charge in [0.15, 0.2) is 0 Å². The number of hydrogen-bond acceptors (Lipinski definition) is 4. The third-order valence-electron chi connectivity index (χ3n) is 6.44. The molecule has 2 atom stereocenters. The number of nitrogens with one attached hydrogen (secondary N) is 3. The number of imidazole rings is 1. The fourth-order valence-corrected chi connectivity index (χ4v) is 4.42. The lowest BCUT2D eigenvalue weighted by molar-refractivity contribution is -0.117.